The minimum absolute atomic E-state index is 0.0556. The maximum atomic E-state index is 13.0. The van der Waals surface area contributed by atoms with Crippen LogP contribution in [0.5, 0.6) is 0 Å². The quantitative estimate of drug-likeness (QED) is 0.455. The number of aromatic nitrogens is 1. The number of amides is 1. The summed E-state index contributed by atoms with van der Waals surface area (Å²) in [6, 6.07) is 24.6. The molecule has 0 bridgehead atoms. The molecule has 4 nitrogen and oxygen atoms in total. The normalized spacial score (nSPS) is 16.5. The number of hydrogen-bond acceptors (Lipinski definition) is 5. The summed E-state index contributed by atoms with van der Waals surface area (Å²) in [4.78, 5) is 20.0. The SMILES string of the molecule is N=C1S[C@@H](Cc2ccccc2)C(=O)N1c1ncc(Cc2cccc3ccccc23)s1. The zero-order valence-electron chi connectivity index (χ0n) is 16.1. The Morgan fingerprint density at radius 2 is 1.73 bits per heavy atom. The van der Waals surface area contributed by atoms with Crippen LogP contribution < -0.4 is 4.90 Å². The number of nitrogens with one attached hydrogen (secondary N) is 1. The molecule has 3 aromatic carbocycles. The maximum absolute atomic E-state index is 13.0. The van der Waals surface area contributed by atoms with Crippen molar-refractivity contribution in [2.24, 2.45) is 0 Å². The minimum Gasteiger partial charge on any atom is -0.278 e. The van der Waals surface area contributed by atoms with Gasteiger partial charge in [-0.3, -0.25) is 10.2 Å². The van der Waals surface area contributed by atoms with E-state index in [-0.39, 0.29) is 16.3 Å². The first-order valence-electron chi connectivity index (χ1n) is 9.73. The average molecular weight is 430 g/mol. The summed E-state index contributed by atoms with van der Waals surface area (Å²) in [5.41, 5.74) is 2.34. The second kappa shape index (κ2) is 8.05. The Kier molecular flexibility index (Phi) is 5.11. The summed E-state index contributed by atoms with van der Waals surface area (Å²) in [7, 11) is 0. The average Bonchev–Trinajstić information content (AvgIpc) is 3.32. The van der Waals surface area contributed by atoms with Gasteiger partial charge in [-0.1, -0.05) is 84.6 Å². The number of carbonyl (C=O) groups excluding carboxylic acids is 1. The molecule has 1 saturated heterocycles. The van der Waals surface area contributed by atoms with E-state index in [1.54, 1.807) is 0 Å². The second-order valence-corrected chi connectivity index (χ2v) is 9.48. The predicted molar refractivity (Wildman–Crippen MR) is 126 cm³/mol. The number of fused-ring (bicyclic) bond motifs is 1. The summed E-state index contributed by atoms with van der Waals surface area (Å²) in [6.07, 6.45) is 3.21. The fourth-order valence-corrected chi connectivity index (χ4v) is 5.77. The van der Waals surface area contributed by atoms with E-state index in [1.165, 1.54) is 44.3 Å². The summed E-state index contributed by atoms with van der Waals surface area (Å²) in [5.74, 6) is -0.0556. The lowest BCUT2D eigenvalue weighted by molar-refractivity contribution is -0.116. The van der Waals surface area contributed by atoms with E-state index in [0.29, 0.717) is 11.6 Å². The molecule has 1 aliphatic rings. The van der Waals surface area contributed by atoms with E-state index in [2.05, 4.69) is 41.4 Å². The maximum Gasteiger partial charge on any atom is 0.248 e. The third-order valence-corrected chi connectivity index (χ3v) is 7.24. The molecular formula is C24H19N3OS2. The number of hydrogen-bond donors (Lipinski definition) is 1. The summed E-state index contributed by atoms with van der Waals surface area (Å²) in [6.45, 7) is 0. The highest BCUT2D eigenvalue weighted by atomic mass is 32.2. The van der Waals surface area contributed by atoms with Crippen LogP contribution >= 0.6 is 23.1 Å². The molecule has 1 atom stereocenters. The minimum atomic E-state index is -0.273. The van der Waals surface area contributed by atoms with Crippen LogP contribution in [0, 0.1) is 5.41 Å². The molecule has 1 aliphatic heterocycles. The van der Waals surface area contributed by atoms with Crippen molar-refractivity contribution in [1.82, 2.24) is 4.98 Å². The Morgan fingerprint density at radius 1 is 0.967 bits per heavy atom. The van der Waals surface area contributed by atoms with Crippen molar-refractivity contribution in [3.63, 3.8) is 0 Å². The monoisotopic (exact) mass is 429 g/mol. The molecule has 2 heterocycles. The highest BCUT2D eigenvalue weighted by Crippen LogP contribution is 2.36. The number of thiazole rings is 1. The van der Waals surface area contributed by atoms with E-state index in [4.69, 9.17) is 5.41 Å². The molecule has 0 spiro atoms. The molecular weight excluding hydrogens is 410 g/mol. The molecule has 148 valence electrons. The molecule has 1 aromatic heterocycles. The van der Waals surface area contributed by atoms with Gasteiger partial charge in [0.05, 0.1) is 5.25 Å². The van der Waals surface area contributed by atoms with Crippen LogP contribution in [-0.4, -0.2) is 21.3 Å². The molecule has 0 saturated carbocycles. The van der Waals surface area contributed by atoms with Crippen LogP contribution in [0.1, 0.15) is 16.0 Å². The van der Waals surface area contributed by atoms with Crippen LogP contribution in [0.4, 0.5) is 5.13 Å². The lowest BCUT2D eigenvalue weighted by atomic mass is 10.0. The van der Waals surface area contributed by atoms with Gasteiger partial charge in [0.15, 0.2) is 10.3 Å². The standard InChI is InChI=1S/C24H19N3OS2/c25-23-27(22(28)21(30-23)13-16-7-2-1-3-8-16)24-26-15-19(29-24)14-18-11-6-10-17-9-4-5-12-20(17)18/h1-12,15,21,25H,13-14H2/t21-/m0/s1. The van der Waals surface area contributed by atoms with Crippen LogP contribution in [0.25, 0.3) is 10.8 Å². The number of thioether (sulfide) groups is 1. The lowest BCUT2D eigenvalue weighted by Gasteiger charge is -2.11. The molecule has 30 heavy (non-hydrogen) atoms. The highest BCUT2D eigenvalue weighted by molar-refractivity contribution is 8.16. The highest BCUT2D eigenvalue weighted by Gasteiger charge is 2.39. The zero-order valence-corrected chi connectivity index (χ0v) is 17.7. The Morgan fingerprint density at radius 3 is 2.60 bits per heavy atom. The van der Waals surface area contributed by atoms with Crippen molar-refractivity contribution in [3.05, 3.63) is 95.0 Å². The molecule has 1 fully saturated rings. The molecule has 4 aromatic rings. The number of anilines is 1. The fraction of sp³-hybridized carbons (Fsp3) is 0.125. The van der Waals surface area contributed by atoms with Crippen molar-refractivity contribution in [2.75, 3.05) is 4.90 Å². The van der Waals surface area contributed by atoms with E-state index >= 15 is 0 Å². The van der Waals surface area contributed by atoms with E-state index in [1.807, 2.05) is 42.6 Å². The van der Waals surface area contributed by atoms with Gasteiger partial charge in [-0.15, -0.1) is 11.3 Å². The first-order valence-corrected chi connectivity index (χ1v) is 11.4. The van der Waals surface area contributed by atoms with Crippen molar-refractivity contribution < 1.29 is 4.79 Å². The van der Waals surface area contributed by atoms with Crippen molar-refractivity contribution in [1.29, 1.82) is 5.41 Å². The van der Waals surface area contributed by atoms with Crippen LogP contribution in [0.3, 0.4) is 0 Å². The Hall–Kier alpha value is -2.96. The number of carbonyl (C=O) groups is 1. The summed E-state index contributed by atoms with van der Waals surface area (Å²) >= 11 is 2.80. The van der Waals surface area contributed by atoms with E-state index < -0.39 is 0 Å². The number of rotatable bonds is 5. The van der Waals surface area contributed by atoms with Gasteiger partial charge in [0, 0.05) is 17.5 Å². The molecule has 1 amide bonds. The van der Waals surface area contributed by atoms with Gasteiger partial charge in [0.2, 0.25) is 5.91 Å². The van der Waals surface area contributed by atoms with Gasteiger partial charge >= 0.3 is 0 Å². The molecule has 5 rings (SSSR count). The van der Waals surface area contributed by atoms with Crippen molar-refractivity contribution >= 4 is 50.1 Å². The second-order valence-electron chi connectivity index (χ2n) is 7.20. The number of amidine groups is 1. The molecule has 0 unspecified atom stereocenters. The molecule has 0 aliphatic carbocycles. The predicted octanol–water partition coefficient (Wildman–Crippen LogP) is 5.51. The van der Waals surface area contributed by atoms with E-state index in [9.17, 15) is 4.79 Å². The number of benzene rings is 3. The van der Waals surface area contributed by atoms with Gasteiger partial charge in [0.1, 0.15) is 0 Å². The van der Waals surface area contributed by atoms with Gasteiger partial charge < -0.3 is 0 Å². The smallest absolute Gasteiger partial charge is 0.248 e. The van der Waals surface area contributed by atoms with Gasteiger partial charge in [-0.05, 0) is 28.3 Å². The Balaban J connectivity index is 1.36. The third-order valence-electron chi connectivity index (χ3n) is 5.19. The van der Waals surface area contributed by atoms with Crippen LogP contribution in [0.15, 0.2) is 79.0 Å². The molecule has 6 heteroatoms. The first-order chi connectivity index (χ1) is 14.7. The molecule has 1 N–H and O–H groups in total. The fourth-order valence-electron chi connectivity index (χ4n) is 3.74. The largest absolute Gasteiger partial charge is 0.278 e. The van der Waals surface area contributed by atoms with Crippen molar-refractivity contribution in [3.8, 4) is 0 Å². The summed E-state index contributed by atoms with van der Waals surface area (Å²) < 4.78 is 0. The third kappa shape index (κ3) is 3.64. The molecule has 0 radical (unpaired) electrons. The Bertz CT molecular complexity index is 1230. The van der Waals surface area contributed by atoms with Crippen molar-refractivity contribution in [2.45, 2.75) is 18.1 Å². The first kappa shape index (κ1) is 19.0. The van der Waals surface area contributed by atoms with E-state index in [0.717, 1.165) is 16.9 Å². The zero-order chi connectivity index (χ0) is 20.5. The lowest BCUT2D eigenvalue weighted by Crippen LogP contribution is -2.32. The van der Waals surface area contributed by atoms with Crippen LogP contribution in [0.2, 0.25) is 0 Å². The number of nitrogens with zero attached hydrogens (tertiary/aromatic N) is 2. The Labute approximate surface area is 183 Å². The van der Waals surface area contributed by atoms with Crippen LogP contribution in [-0.2, 0) is 17.6 Å². The topological polar surface area (TPSA) is 57.1 Å². The van der Waals surface area contributed by atoms with Gasteiger partial charge in [0.25, 0.3) is 0 Å². The van der Waals surface area contributed by atoms with Gasteiger partial charge in [-0.25, -0.2) is 9.88 Å². The summed E-state index contributed by atoms with van der Waals surface area (Å²) in [5, 5.41) is 11.4. The van der Waals surface area contributed by atoms with Gasteiger partial charge in [-0.2, -0.15) is 0 Å².